The Hall–Kier alpha value is -3.67. The summed E-state index contributed by atoms with van der Waals surface area (Å²) in [5, 5.41) is 10.4. The van der Waals surface area contributed by atoms with Crippen LogP contribution in [0.1, 0.15) is 205 Å². The van der Waals surface area contributed by atoms with E-state index < -0.39 is 0 Å². The Morgan fingerprint density at radius 1 is 0.458 bits per heavy atom. The lowest BCUT2D eigenvalue weighted by Gasteiger charge is -2.11. The molecule has 0 fully saturated rings. The molecule has 6 nitrogen and oxygen atoms in total. The lowest BCUT2D eigenvalue weighted by atomic mass is 10.0. The number of hydrogen-bond acceptors (Lipinski definition) is 6. The maximum atomic E-state index is 12.6. The van der Waals surface area contributed by atoms with Gasteiger partial charge in [-0.1, -0.05) is 205 Å². The van der Waals surface area contributed by atoms with Crippen molar-refractivity contribution in [1.29, 1.82) is 0 Å². The number of aliphatic hydroxyl groups is 1. The maximum Gasteiger partial charge on any atom is 0.182 e. The van der Waals surface area contributed by atoms with Crippen LogP contribution in [0.25, 0.3) is 12.2 Å². The Bertz CT molecular complexity index is 1430. The van der Waals surface area contributed by atoms with E-state index in [0.717, 1.165) is 24.0 Å². The van der Waals surface area contributed by atoms with Crippen LogP contribution in [0.2, 0.25) is 0 Å². The SMILES string of the molecule is CCCCCCCCCCCCCCCCOc1ccc(/C=C/C(=O)/C=C(O)/C=C/c2ccc(OCCCCCCCCCCCCCCCC)c(OC)c2)cc1OC. The van der Waals surface area contributed by atoms with Crippen LogP contribution in [0.4, 0.5) is 0 Å². The largest absolute Gasteiger partial charge is 0.508 e. The summed E-state index contributed by atoms with van der Waals surface area (Å²) < 4.78 is 23.2. The number of unbranched alkanes of at least 4 members (excludes halogenated alkanes) is 26. The molecule has 332 valence electrons. The number of methoxy groups -OCH3 is 2. The van der Waals surface area contributed by atoms with Crippen molar-refractivity contribution in [3.8, 4) is 23.0 Å². The predicted molar refractivity (Wildman–Crippen MR) is 251 cm³/mol. The van der Waals surface area contributed by atoms with Crippen molar-refractivity contribution >= 4 is 17.9 Å². The third kappa shape index (κ3) is 26.9. The van der Waals surface area contributed by atoms with Gasteiger partial charge in [0.1, 0.15) is 5.76 Å². The summed E-state index contributed by atoms with van der Waals surface area (Å²) in [6, 6.07) is 11.3. The number of aliphatic hydroxyl groups excluding tert-OH is 1. The van der Waals surface area contributed by atoms with Crippen LogP contribution in [0.3, 0.4) is 0 Å². The average Bonchev–Trinajstić information content (AvgIpc) is 3.25. The molecule has 1 N–H and O–H groups in total. The van der Waals surface area contributed by atoms with Gasteiger partial charge in [-0.3, -0.25) is 4.79 Å². The second-order valence-electron chi connectivity index (χ2n) is 16.3. The van der Waals surface area contributed by atoms with Crippen molar-refractivity contribution in [2.24, 2.45) is 0 Å². The number of allylic oxidation sites excluding steroid dienone is 3. The first-order valence-corrected chi connectivity index (χ1v) is 23.9. The van der Waals surface area contributed by atoms with Crippen LogP contribution in [0.15, 0.2) is 60.4 Å². The summed E-state index contributed by atoms with van der Waals surface area (Å²) >= 11 is 0. The fourth-order valence-corrected chi connectivity index (χ4v) is 7.37. The van der Waals surface area contributed by atoms with Gasteiger partial charge in [0, 0.05) is 6.08 Å². The molecule has 0 heterocycles. The smallest absolute Gasteiger partial charge is 0.182 e. The molecular formula is C53H84O6. The molecule has 0 amide bonds. The van der Waals surface area contributed by atoms with Crippen molar-refractivity contribution in [2.75, 3.05) is 27.4 Å². The Balaban J connectivity index is 1.63. The van der Waals surface area contributed by atoms with Gasteiger partial charge in [0.05, 0.1) is 27.4 Å². The minimum atomic E-state index is -0.325. The van der Waals surface area contributed by atoms with E-state index in [4.69, 9.17) is 18.9 Å². The predicted octanol–water partition coefficient (Wildman–Crippen LogP) is 16.2. The van der Waals surface area contributed by atoms with Gasteiger partial charge in [-0.05, 0) is 60.4 Å². The molecule has 0 atom stereocenters. The van der Waals surface area contributed by atoms with Crippen molar-refractivity contribution < 1.29 is 28.8 Å². The molecule has 6 heteroatoms. The van der Waals surface area contributed by atoms with E-state index in [-0.39, 0.29) is 11.5 Å². The first-order valence-electron chi connectivity index (χ1n) is 23.9. The second kappa shape index (κ2) is 36.2. The Morgan fingerprint density at radius 2 is 0.780 bits per heavy atom. The standard InChI is InChI=1S/C53H84O6/c1-5-7-9-11-13-15-17-19-21-23-25-27-29-31-41-58-50-39-35-46(43-52(50)56-3)33-37-48(54)45-49(55)38-34-47-36-40-51(53(44-47)57-4)59-42-32-30-28-26-24-22-20-18-16-14-12-10-8-6-2/h33-40,43-45,54H,5-32,41-42H2,1-4H3/b37-33+,38-34+,48-45-. The average molecular weight is 817 g/mol. The zero-order valence-corrected chi connectivity index (χ0v) is 38.1. The molecule has 2 aromatic rings. The van der Waals surface area contributed by atoms with Crippen LogP contribution in [0.5, 0.6) is 23.0 Å². The highest BCUT2D eigenvalue weighted by Crippen LogP contribution is 2.30. The number of ketones is 1. The van der Waals surface area contributed by atoms with Crippen LogP contribution in [-0.2, 0) is 4.79 Å². The van der Waals surface area contributed by atoms with Crippen molar-refractivity contribution in [1.82, 2.24) is 0 Å². The van der Waals surface area contributed by atoms with Gasteiger partial charge >= 0.3 is 0 Å². The summed E-state index contributed by atoms with van der Waals surface area (Å²) in [6.07, 6.45) is 44.8. The van der Waals surface area contributed by atoms with E-state index in [1.807, 2.05) is 36.4 Å². The van der Waals surface area contributed by atoms with Gasteiger partial charge < -0.3 is 24.1 Å². The topological polar surface area (TPSA) is 74.2 Å². The molecule has 0 aromatic heterocycles. The Labute approximate surface area is 361 Å². The summed E-state index contributed by atoms with van der Waals surface area (Å²) in [4.78, 5) is 12.6. The van der Waals surface area contributed by atoms with Crippen molar-refractivity contribution in [2.45, 2.75) is 194 Å². The molecule has 0 aliphatic rings. The minimum Gasteiger partial charge on any atom is -0.508 e. The molecular weight excluding hydrogens is 733 g/mol. The summed E-state index contributed by atoms with van der Waals surface area (Å²) in [6.45, 7) is 5.87. The monoisotopic (exact) mass is 817 g/mol. The first kappa shape index (κ1) is 51.5. The van der Waals surface area contributed by atoms with E-state index in [0.29, 0.717) is 36.2 Å². The summed E-state index contributed by atoms with van der Waals surface area (Å²) in [5.74, 6) is 2.22. The Kier molecular flexibility index (Phi) is 31.6. The number of rotatable bonds is 39. The van der Waals surface area contributed by atoms with Crippen LogP contribution in [-0.4, -0.2) is 38.3 Å². The van der Waals surface area contributed by atoms with Crippen LogP contribution < -0.4 is 18.9 Å². The van der Waals surface area contributed by atoms with Gasteiger partial charge in [-0.15, -0.1) is 0 Å². The van der Waals surface area contributed by atoms with E-state index >= 15 is 0 Å². The first-order chi connectivity index (χ1) is 29.0. The number of ether oxygens (including phenoxy) is 4. The second-order valence-corrected chi connectivity index (χ2v) is 16.3. The molecule has 0 bridgehead atoms. The fourth-order valence-electron chi connectivity index (χ4n) is 7.37. The van der Waals surface area contributed by atoms with E-state index in [1.165, 1.54) is 185 Å². The Morgan fingerprint density at radius 3 is 1.12 bits per heavy atom. The van der Waals surface area contributed by atoms with E-state index in [9.17, 15) is 9.90 Å². The molecule has 0 spiro atoms. The molecule has 0 aliphatic heterocycles. The molecule has 59 heavy (non-hydrogen) atoms. The highest BCUT2D eigenvalue weighted by Gasteiger charge is 2.07. The number of carbonyl (C=O) groups is 1. The highest BCUT2D eigenvalue weighted by molar-refractivity contribution is 6.02. The molecule has 2 aromatic carbocycles. The fraction of sp³-hybridized carbons (Fsp3) is 0.642. The van der Waals surface area contributed by atoms with E-state index in [2.05, 4.69) is 13.8 Å². The summed E-state index contributed by atoms with van der Waals surface area (Å²) in [7, 11) is 3.25. The third-order valence-electron chi connectivity index (χ3n) is 11.1. The van der Waals surface area contributed by atoms with E-state index in [1.54, 1.807) is 26.4 Å². The van der Waals surface area contributed by atoms with Crippen LogP contribution >= 0.6 is 0 Å². The van der Waals surface area contributed by atoms with Gasteiger partial charge in [-0.2, -0.15) is 0 Å². The van der Waals surface area contributed by atoms with Gasteiger partial charge in [0.25, 0.3) is 0 Å². The molecule has 0 saturated carbocycles. The summed E-state index contributed by atoms with van der Waals surface area (Å²) in [5.41, 5.74) is 1.63. The quantitative estimate of drug-likeness (QED) is 0.0313. The lowest BCUT2D eigenvalue weighted by molar-refractivity contribution is -0.110. The molecule has 0 unspecified atom stereocenters. The minimum absolute atomic E-state index is 0.137. The normalized spacial score (nSPS) is 11.8. The van der Waals surface area contributed by atoms with Gasteiger partial charge in [-0.25, -0.2) is 0 Å². The van der Waals surface area contributed by atoms with Crippen molar-refractivity contribution in [3.05, 3.63) is 71.5 Å². The molecule has 0 radical (unpaired) electrons. The zero-order valence-electron chi connectivity index (χ0n) is 38.1. The number of benzene rings is 2. The van der Waals surface area contributed by atoms with Gasteiger partial charge in [0.15, 0.2) is 28.8 Å². The molecule has 0 aliphatic carbocycles. The highest BCUT2D eigenvalue weighted by atomic mass is 16.5. The maximum absolute atomic E-state index is 12.6. The van der Waals surface area contributed by atoms with Crippen molar-refractivity contribution in [3.63, 3.8) is 0 Å². The van der Waals surface area contributed by atoms with Crippen LogP contribution in [0, 0.1) is 0 Å². The molecule has 0 saturated heterocycles. The molecule has 2 rings (SSSR count). The third-order valence-corrected chi connectivity index (χ3v) is 11.1. The van der Waals surface area contributed by atoms with Gasteiger partial charge in [0.2, 0.25) is 0 Å². The lowest BCUT2D eigenvalue weighted by Crippen LogP contribution is -1.99. The number of hydrogen-bond donors (Lipinski definition) is 1. The zero-order chi connectivity index (χ0) is 42.4. The number of carbonyl (C=O) groups excluding carboxylic acids is 1.